The van der Waals surface area contributed by atoms with E-state index < -0.39 is 5.60 Å². The third-order valence-corrected chi connectivity index (χ3v) is 9.23. The maximum absolute atomic E-state index is 13.6. The molecule has 7 nitrogen and oxygen atoms in total. The summed E-state index contributed by atoms with van der Waals surface area (Å²) in [7, 11) is 0. The third kappa shape index (κ3) is 6.25. The van der Waals surface area contributed by atoms with Crippen molar-refractivity contribution in [1.29, 1.82) is 0 Å². The molecule has 0 atom stereocenters. The van der Waals surface area contributed by atoms with Crippen LogP contribution in [0.5, 0.6) is 0 Å². The van der Waals surface area contributed by atoms with Crippen molar-refractivity contribution in [2.75, 3.05) is 25.0 Å². The van der Waals surface area contributed by atoms with E-state index in [-0.39, 0.29) is 5.91 Å². The summed E-state index contributed by atoms with van der Waals surface area (Å²) < 4.78 is 4.19. The number of nitrogens with zero attached hydrogens (tertiary/aromatic N) is 4. The van der Waals surface area contributed by atoms with E-state index in [2.05, 4.69) is 38.1 Å². The number of rotatable bonds is 9. The van der Waals surface area contributed by atoms with E-state index in [0.29, 0.717) is 17.4 Å². The van der Waals surface area contributed by atoms with E-state index in [0.717, 1.165) is 84.2 Å². The second kappa shape index (κ2) is 12.5. The maximum Gasteiger partial charge on any atom is 0.291 e. The largest absolute Gasteiger partial charge is 0.385 e. The van der Waals surface area contributed by atoms with Gasteiger partial charge in [0.2, 0.25) is 5.82 Å². The Bertz CT molecular complexity index is 1940. The number of halogens is 1. The normalized spacial score (nSPS) is 15.1. The van der Waals surface area contributed by atoms with E-state index in [4.69, 9.17) is 11.6 Å². The molecule has 6 aromatic rings. The van der Waals surface area contributed by atoms with Crippen molar-refractivity contribution in [2.24, 2.45) is 0 Å². The number of amides is 1. The average molecular weight is 618 g/mol. The number of nitrogens with one attached hydrogen (secondary N) is 1. The van der Waals surface area contributed by atoms with Crippen LogP contribution in [-0.2, 0) is 18.7 Å². The Kier molecular flexibility index (Phi) is 8.15. The number of likely N-dealkylation sites (tertiary alicyclic amines) is 1. The zero-order chi connectivity index (χ0) is 30.8. The van der Waals surface area contributed by atoms with Gasteiger partial charge in [-0.25, -0.2) is 4.98 Å². The summed E-state index contributed by atoms with van der Waals surface area (Å²) in [5.74, 6) is 0.0754. The zero-order valence-electron chi connectivity index (χ0n) is 25.1. The van der Waals surface area contributed by atoms with Crippen LogP contribution in [0.3, 0.4) is 0 Å². The summed E-state index contributed by atoms with van der Waals surface area (Å²) in [6.07, 6.45) is 4.65. The molecule has 1 saturated heterocycles. The molecule has 0 radical (unpaired) electrons. The number of aryl methyl sites for hydroxylation is 1. The molecule has 0 unspecified atom stereocenters. The van der Waals surface area contributed by atoms with Crippen molar-refractivity contribution in [3.05, 3.63) is 131 Å². The van der Waals surface area contributed by atoms with Gasteiger partial charge in [-0.05, 0) is 79.4 Å². The molecule has 1 amide bonds. The molecular formula is C37H36ClN5O2. The van der Waals surface area contributed by atoms with Crippen molar-refractivity contribution >= 4 is 45.1 Å². The van der Waals surface area contributed by atoms with Gasteiger partial charge in [0.05, 0.1) is 16.6 Å². The van der Waals surface area contributed by atoms with Crippen LogP contribution >= 0.6 is 11.6 Å². The van der Waals surface area contributed by atoms with E-state index in [9.17, 15) is 9.90 Å². The molecule has 45 heavy (non-hydrogen) atoms. The Hall–Kier alpha value is -4.43. The van der Waals surface area contributed by atoms with Crippen molar-refractivity contribution in [3.63, 3.8) is 0 Å². The first-order valence-electron chi connectivity index (χ1n) is 15.6. The van der Waals surface area contributed by atoms with Crippen molar-refractivity contribution in [3.8, 4) is 0 Å². The summed E-state index contributed by atoms with van der Waals surface area (Å²) in [4.78, 5) is 20.7. The predicted octanol–water partition coefficient (Wildman–Crippen LogP) is 7.32. The number of benzene rings is 4. The summed E-state index contributed by atoms with van der Waals surface area (Å²) >= 11 is 6.32. The van der Waals surface area contributed by atoms with Gasteiger partial charge in [0.15, 0.2) is 0 Å². The molecule has 228 valence electrons. The van der Waals surface area contributed by atoms with Gasteiger partial charge in [-0.2, -0.15) is 0 Å². The number of hydrogen-bond donors (Lipinski definition) is 2. The van der Waals surface area contributed by atoms with Crippen molar-refractivity contribution in [2.45, 2.75) is 38.0 Å². The van der Waals surface area contributed by atoms with Crippen molar-refractivity contribution in [1.82, 2.24) is 19.0 Å². The molecular weight excluding hydrogens is 582 g/mol. The minimum atomic E-state index is -0.718. The number of piperidine rings is 1. The van der Waals surface area contributed by atoms with E-state index in [1.54, 1.807) is 6.07 Å². The van der Waals surface area contributed by atoms with Gasteiger partial charge in [-0.15, -0.1) is 0 Å². The van der Waals surface area contributed by atoms with Gasteiger partial charge in [-0.3, -0.25) is 4.79 Å². The molecule has 0 bridgehead atoms. The first kappa shape index (κ1) is 29.3. The lowest BCUT2D eigenvalue weighted by Gasteiger charge is -2.38. The highest BCUT2D eigenvalue weighted by Crippen LogP contribution is 2.33. The Morgan fingerprint density at radius 3 is 2.40 bits per heavy atom. The molecule has 0 aliphatic carbocycles. The zero-order valence-corrected chi connectivity index (χ0v) is 25.8. The standard InChI is InChI=1S/C37H36ClN5O2/c38-30-12-14-32-34(25-30)43(26-27-8-3-1-4-9-27)35(40-32)36(44)39-31-13-15-33-28(24-31)16-21-42(33)20-7-19-41-22-17-37(45,18-23-41)29-10-5-2-6-11-29/h1-6,8-16,21,24-25,45H,7,17-20,22-23,26H2,(H,39,44). The fourth-order valence-electron chi connectivity index (χ4n) is 6.50. The number of imidazole rings is 1. The van der Waals surface area contributed by atoms with Gasteiger partial charge in [0, 0.05) is 54.0 Å². The Labute approximate surface area is 267 Å². The summed E-state index contributed by atoms with van der Waals surface area (Å²) in [5, 5.41) is 15.9. The second-order valence-electron chi connectivity index (χ2n) is 12.0. The fourth-order valence-corrected chi connectivity index (χ4v) is 6.67. The predicted molar refractivity (Wildman–Crippen MR) is 181 cm³/mol. The Morgan fingerprint density at radius 2 is 1.62 bits per heavy atom. The highest BCUT2D eigenvalue weighted by molar-refractivity contribution is 6.31. The molecule has 0 saturated carbocycles. The molecule has 0 spiro atoms. The molecule has 1 aliphatic heterocycles. The number of anilines is 1. The Morgan fingerprint density at radius 1 is 0.867 bits per heavy atom. The molecule has 1 aliphatic rings. The van der Waals surface area contributed by atoms with Crippen LogP contribution in [0, 0.1) is 0 Å². The number of hydrogen-bond acceptors (Lipinski definition) is 4. The minimum Gasteiger partial charge on any atom is -0.385 e. The molecule has 1 fully saturated rings. The van der Waals surface area contributed by atoms with E-state index >= 15 is 0 Å². The van der Waals surface area contributed by atoms with Gasteiger partial charge in [0.1, 0.15) is 0 Å². The topological polar surface area (TPSA) is 75.3 Å². The first-order valence-corrected chi connectivity index (χ1v) is 15.9. The van der Waals surface area contributed by atoms with Crippen LogP contribution in [0.2, 0.25) is 5.02 Å². The fraction of sp³-hybridized carbons (Fsp3) is 0.243. The molecule has 2 aromatic heterocycles. The monoisotopic (exact) mass is 617 g/mol. The molecule has 3 heterocycles. The van der Waals surface area contributed by atoms with Crippen molar-refractivity contribution < 1.29 is 9.90 Å². The smallest absolute Gasteiger partial charge is 0.291 e. The number of aromatic nitrogens is 3. The lowest BCUT2D eigenvalue weighted by molar-refractivity contribution is -0.0261. The van der Waals surface area contributed by atoms with Gasteiger partial charge >= 0.3 is 0 Å². The molecule has 7 rings (SSSR count). The quantitative estimate of drug-likeness (QED) is 0.178. The highest BCUT2D eigenvalue weighted by atomic mass is 35.5. The number of carbonyl (C=O) groups is 1. The SMILES string of the molecule is O=C(Nc1ccc2c(ccn2CCCN2CCC(O)(c3ccccc3)CC2)c1)c1nc2ccc(Cl)cc2n1Cc1ccccc1. The van der Waals surface area contributed by atoms with Crippen LogP contribution in [0.1, 0.15) is 41.0 Å². The number of carbonyl (C=O) groups excluding carboxylic acids is 1. The minimum absolute atomic E-state index is 0.266. The lowest BCUT2D eigenvalue weighted by Crippen LogP contribution is -2.43. The van der Waals surface area contributed by atoms with Crippen LogP contribution in [-0.4, -0.2) is 49.7 Å². The maximum atomic E-state index is 13.6. The Balaban J connectivity index is 1.000. The van der Waals surface area contributed by atoms with Crippen LogP contribution in [0.25, 0.3) is 21.9 Å². The van der Waals surface area contributed by atoms with Crippen LogP contribution in [0.15, 0.2) is 109 Å². The van der Waals surface area contributed by atoms with Gasteiger partial charge < -0.3 is 24.5 Å². The van der Waals surface area contributed by atoms with Crippen LogP contribution < -0.4 is 5.32 Å². The summed E-state index contributed by atoms with van der Waals surface area (Å²) in [6, 6.07) is 33.7. The molecule has 2 N–H and O–H groups in total. The molecule has 8 heteroatoms. The lowest BCUT2D eigenvalue weighted by atomic mass is 9.84. The number of fused-ring (bicyclic) bond motifs is 2. The number of aliphatic hydroxyl groups is 1. The average Bonchev–Trinajstić information content (AvgIpc) is 3.63. The second-order valence-corrected chi connectivity index (χ2v) is 12.4. The highest BCUT2D eigenvalue weighted by Gasteiger charge is 2.33. The van der Waals surface area contributed by atoms with Gasteiger partial charge in [-0.1, -0.05) is 72.3 Å². The third-order valence-electron chi connectivity index (χ3n) is 8.99. The summed E-state index contributed by atoms with van der Waals surface area (Å²) in [6.45, 7) is 4.20. The first-order chi connectivity index (χ1) is 21.9. The van der Waals surface area contributed by atoms with E-state index in [1.165, 1.54) is 0 Å². The molecule has 4 aromatic carbocycles. The summed E-state index contributed by atoms with van der Waals surface area (Å²) in [5.41, 5.74) is 4.78. The van der Waals surface area contributed by atoms with Gasteiger partial charge in [0.25, 0.3) is 5.91 Å². The van der Waals surface area contributed by atoms with Crippen LogP contribution in [0.4, 0.5) is 5.69 Å². The van der Waals surface area contributed by atoms with E-state index in [1.807, 2.05) is 89.5 Å².